The number of methoxy groups -OCH3 is 1. The van der Waals surface area contributed by atoms with E-state index in [9.17, 15) is 9.90 Å². The average Bonchev–Trinajstić information content (AvgIpc) is 2.87. The molecule has 1 fully saturated rings. The summed E-state index contributed by atoms with van der Waals surface area (Å²) >= 11 is 1.53. The molecule has 178 valence electrons. The van der Waals surface area contributed by atoms with Crippen LogP contribution in [0, 0.1) is 5.92 Å². The molecule has 34 heavy (non-hydrogen) atoms. The van der Waals surface area contributed by atoms with Crippen molar-refractivity contribution in [1.29, 1.82) is 0 Å². The Balaban J connectivity index is 1.14. The number of carbonyl (C=O) groups is 1. The molecule has 8 heteroatoms. The quantitative estimate of drug-likeness (QED) is 0.473. The number of rotatable bonds is 7. The monoisotopic (exact) mass is 478 g/mol. The Morgan fingerprint density at radius 1 is 1.24 bits per heavy atom. The first-order chi connectivity index (χ1) is 16.6. The van der Waals surface area contributed by atoms with Gasteiger partial charge in [-0.25, -0.2) is 4.98 Å². The van der Waals surface area contributed by atoms with Crippen LogP contribution < -0.4 is 15.4 Å². The summed E-state index contributed by atoms with van der Waals surface area (Å²) in [6, 6.07) is 12.6. The molecule has 0 radical (unpaired) electrons. The van der Waals surface area contributed by atoms with Crippen molar-refractivity contribution >= 4 is 34.4 Å². The number of aliphatic hydroxyl groups is 1. The van der Waals surface area contributed by atoms with Crippen molar-refractivity contribution < 1.29 is 14.6 Å². The molecule has 3 aromatic rings. The van der Waals surface area contributed by atoms with Gasteiger partial charge in [-0.05, 0) is 67.9 Å². The van der Waals surface area contributed by atoms with Gasteiger partial charge >= 0.3 is 0 Å². The normalized spacial score (nSPS) is 21.1. The number of nitrogens with zero attached hydrogens (tertiary/aromatic N) is 2. The van der Waals surface area contributed by atoms with E-state index in [0.29, 0.717) is 36.5 Å². The topological polar surface area (TPSA) is 96.4 Å². The molecule has 0 saturated heterocycles. The molecule has 1 amide bonds. The summed E-state index contributed by atoms with van der Waals surface area (Å²) in [5.74, 6) is 2.16. The van der Waals surface area contributed by atoms with Crippen LogP contribution in [0.2, 0.25) is 0 Å². The summed E-state index contributed by atoms with van der Waals surface area (Å²) in [5, 5.41) is 18.5. The summed E-state index contributed by atoms with van der Waals surface area (Å²) in [5.41, 5.74) is 2.97. The maximum atomic E-state index is 11.6. The molecule has 0 spiro atoms. The van der Waals surface area contributed by atoms with Crippen LogP contribution >= 0.6 is 11.8 Å². The molecule has 1 saturated carbocycles. The zero-order chi connectivity index (χ0) is 23.5. The van der Waals surface area contributed by atoms with Crippen LogP contribution in [0.5, 0.6) is 5.75 Å². The number of hydrogen-bond donors (Lipinski definition) is 3. The number of thioether (sulfide) groups is 1. The zero-order valence-electron chi connectivity index (χ0n) is 19.3. The van der Waals surface area contributed by atoms with E-state index in [0.717, 1.165) is 58.5 Å². The van der Waals surface area contributed by atoms with Crippen molar-refractivity contribution in [3.05, 3.63) is 53.9 Å². The Labute approximate surface area is 203 Å². The van der Waals surface area contributed by atoms with Gasteiger partial charge in [0.05, 0.1) is 41.3 Å². The maximum absolute atomic E-state index is 11.6. The number of aliphatic hydroxyl groups excluding tert-OH is 1. The van der Waals surface area contributed by atoms with Crippen LogP contribution in [-0.2, 0) is 17.8 Å². The van der Waals surface area contributed by atoms with Gasteiger partial charge in [0, 0.05) is 18.0 Å². The third kappa shape index (κ3) is 5.19. The van der Waals surface area contributed by atoms with Crippen molar-refractivity contribution in [2.75, 3.05) is 18.2 Å². The lowest BCUT2D eigenvalue weighted by atomic mass is 9.80. The number of hydrogen-bond acceptors (Lipinski definition) is 7. The Bertz CT molecular complexity index is 1180. The number of nitrogens with one attached hydrogen (secondary N) is 2. The fourth-order valence-corrected chi connectivity index (χ4v) is 5.69. The van der Waals surface area contributed by atoms with Gasteiger partial charge in [-0.2, -0.15) is 0 Å². The Morgan fingerprint density at radius 2 is 2.09 bits per heavy atom. The molecule has 0 bridgehead atoms. The van der Waals surface area contributed by atoms with Crippen LogP contribution in [0.4, 0.5) is 5.82 Å². The summed E-state index contributed by atoms with van der Waals surface area (Å²) in [6.07, 6.45) is 6.03. The molecular formula is C26H30N4O3S. The van der Waals surface area contributed by atoms with Crippen molar-refractivity contribution in [3.8, 4) is 5.75 Å². The molecule has 3 heterocycles. The van der Waals surface area contributed by atoms with Gasteiger partial charge < -0.3 is 20.5 Å². The number of benzene rings is 1. The highest BCUT2D eigenvalue weighted by molar-refractivity contribution is 8.00. The second kappa shape index (κ2) is 10.3. The number of ether oxygens (including phenoxy) is 1. The highest BCUT2D eigenvalue weighted by Crippen LogP contribution is 2.32. The number of pyridine rings is 2. The van der Waals surface area contributed by atoms with Crippen LogP contribution in [0.15, 0.2) is 47.5 Å². The number of anilines is 1. The van der Waals surface area contributed by atoms with E-state index in [1.165, 1.54) is 11.8 Å². The molecule has 1 atom stereocenters. The van der Waals surface area contributed by atoms with Crippen LogP contribution in [0.25, 0.3) is 10.9 Å². The molecule has 2 aliphatic rings. The Hall–Kier alpha value is -2.68. The molecule has 5 rings (SSSR count). The van der Waals surface area contributed by atoms with E-state index in [1.54, 1.807) is 13.3 Å². The van der Waals surface area contributed by atoms with Crippen molar-refractivity contribution in [2.45, 2.75) is 55.7 Å². The minimum atomic E-state index is -0.374. The van der Waals surface area contributed by atoms with Gasteiger partial charge in [0.2, 0.25) is 5.91 Å². The minimum absolute atomic E-state index is 0.00545. The van der Waals surface area contributed by atoms with Crippen molar-refractivity contribution in [3.63, 3.8) is 0 Å². The highest BCUT2D eigenvalue weighted by atomic mass is 32.2. The largest absolute Gasteiger partial charge is 0.495 e. The lowest BCUT2D eigenvalue weighted by molar-refractivity contribution is -0.113. The molecule has 2 aromatic heterocycles. The minimum Gasteiger partial charge on any atom is -0.495 e. The van der Waals surface area contributed by atoms with Crippen molar-refractivity contribution in [1.82, 2.24) is 15.3 Å². The molecule has 1 aliphatic heterocycles. The van der Waals surface area contributed by atoms with Crippen LogP contribution in [0.3, 0.4) is 0 Å². The van der Waals surface area contributed by atoms with E-state index < -0.39 is 0 Å². The SMILES string of the molecule is COc1cnc2cccc(CC(O)C3CCC(NCc4ccc5c(n4)NC(=O)CS5)CC3)c2c1. The number of carbonyl (C=O) groups excluding carboxylic acids is 1. The zero-order valence-corrected chi connectivity index (χ0v) is 20.1. The van der Waals surface area contributed by atoms with Gasteiger partial charge in [0.15, 0.2) is 0 Å². The van der Waals surface area contributed by atoms with E-state index in [4.69, 9.17) is 4.74 Å². The first-order valence-corrected chi connectivity index (χ1v) is 12.8. The molecule has 3 N–H and O–H groups in total. The van der Waals surface area contributed by atoms with Gasteiger partial charge in [0.25, 0.3) is 0 Å². The predicted molar refractivity (Wildman–Crippen MR) is 134 cm³/mol. The highest BCUT2D eigenvalue weighted by Gasteiger charge is 2.27. The standard InChI is InChI=1S/C26H30N4O3S/c1-33-20-12-21-17(3-2-4-22(21)28-14-20)11-23(31)16-5-7-18(8-6-16)27-13-19-9-10-24-26(29-19)30-25(32)15-34-24/h2-4,9-10,12,14,16,18,23,27,31H,5-8,11,13,15H2,1H3,(H,29,30,32). The third-order valence-corrected chi connectivity index (χ3v) is 7.92. The van der Waals surface area contributed by atoms with Crippen LogP contribution in [0.1, 0.15) is 36.9 Å². The molecule has 1 aromatic carbocycles. The van der Waals surface area contributed by atoms with Gasteiger partial charge in [-0.1, -0.05) is 12.1 Å². The second-order valence-corrected chi connectivity index (χ2v) is 10.1. The average molecular weight is 479 g/mol. The van der Waals surface area contributed by atoms with E-state index in [-0.39, 0.29) is 12.0 Å². The fourth-order valence-electron chi connectivity index (χ4n) is 4.93. The van der Waals surface area contributed by atoms with E-state index in [2.05, 4.69) is 26.7 Å². The first kappa shape index (κ1) is 23.1. The van der Waals surface area contributed by atoms with Crippen molar-refractivity contribution in [2.24, 2.45) is 5.92 Å². The third-order valence-electron chi connectivity index (χ3n) is 6.88. The Morgan fingerprint density at radius 3 is 2.91 bits per heavy atom. The summed E-state index contributed by atoms with van der Waals surface area (Å²) < 4.78 is 5.34. The lowest BCUT2D eigenvalue weighted by Crippen LogP contribution is -2.36. The van der Waals surface area contributed by atoms with Gasteiger partial charge in [0.1, 0.15) is 11.6 Å². The number of fused-ring (bicyclic) bond motifs is 2. The fraction of sp³-hybridized carbons (Fsp3) is 0.423. The smallest absolute Gasteiger partial charge is 0.235 e. The lowest BCUT2D eigenvalue weighted by Gasteiger charge is -2.32. The Kier molecular flexibility index (Phi) is 6.99. The first-order valence-electron chi connectivity index (χ1n) is 11.8. The van der Waals surface area contributed by atoms with Gasteiger partial charge in [-0.3, -0.25) is 9.78 Å². The summed E-state index contributed by atoms with van der Waals surface area (Å²) in [7, 11) is 1.64. The van der Waals surface area contributed by atoms with Gasteiger partial charge in [-0.15, -0.1) is 11.8 Å². The van der Waals surface area contributed by atoms with E-state index >= 15 is 0 Å². The van der Waals surface area contributed by atoms with E-state index in [1.807, 2.05) is 30.3 Å². The summed E-state index contributed by atoms with van der Waals surface area (Å²) in [6.45, 7) is 0.677. The molecule has 1 aliphatic carbocycles. The summed E-state index contributed by atoms with van der Waals surface area (Å²) in [4.78, 5) is 21.7. The number of aromatic nitrogens is 2. The predicted octanol–water partition coefficient (Wildman–Crippen LogP) is 3.93. The molecule has 1 unspecified atom stereocenters. The molecule has 7 nitrogen and oxygen atoms in total. The second-order valence-electron chi connectivity index (χ2n) is 9.11. The van der Waals surface area contributed by atoms with Crippen LogP contribution in [-0.4, -0.2) is 46.0 Å². The maximum Gasteiger partial charge on any atom is 0.235 e. The number of amides is 1. The molecular weight excluding hydrogens is 448 g/mol.